The Morgan fingerprint density at radius 2 is 1.63 bits per heavy atom. The van der Waals surface area contributed by atoms with Gasteiger partial charge in [0.1, 0.15) is 11.5 Å². The standard InChI is InChI=1S/C29H21Cl2F4N3O3/c30-23-13-20(5-6-21(23)16-2-7-25(32)24(31)11-16)37-14-17-1-4-19(29(33,34)35)12-22(17)18-3-8-26(38-15-18)28(41)36-10-9-27(39)40/h1-8,11-13,15,37H,9-10,14H2,(H,36,41)(H,39,40). The van der Waals surface area contributed by atoms with Crippen molar-refractivity contribution in [1.29, 1.82) is 0 Å². The maximum absolute atomic E-state index is 13.5. The Labute approximate surface area is 241 Å². The van der Waals surface area contributed by atoms with Gasteiger partial charge >= 0.3 is 12.1 Å². The van der Waals surface area contributed by atoms with E-state index in [9.17, 15) is 27.2 Å². The molecule has 12 heteroatoms. The van der Waals surface area contributed by atoms with E-state index in [1.807, 2.05) is 0 Å². The Hall–Kier alpha value is -4.15. The maximum Gasteiger partial charge on any atom is 0.416 e. The van der Waals surface area contributed by atoms with Gasteiger partial charge in [0.15, 0.2) is 0 Å². The minimum Gasteiger partial charge on any atom is -0.481 e. The number of carbonyl (C=O) groups is 2. The number of nitrogens with zero attached hydrogens (tertiary/aromatic N) is 1. The van der Waals surface area contributed by atoms with Crippen LogP contribution in [0.25, 0.3) is 22.3 Å². The van der Waals surface area contributed by atoms with Gasteiger partial charge in [-0.15, -0.1) is 0 Å². The number of aliphatic carboxylic acids is 1. The van der Waals surface area contributed by atoms with Gasteiger partial charge in [-0.3, -0.25) is 14.6 Å². The number of hydrogen-bond donors (Lipinski definition) is 3. The molecule has 1 amide bonds. The van der Waals surface area contributed by atoms with Crippen LogP contribution in [0.2, 0.25) is 10.0 Å². The number of alkyl halides is 3. The fraction of sp³-hybridized carbons (Fsp3) is 0.138. The van der Waals surface area contributed by atoms with Gasteiger partial charge in [0.25, 0.3) is 5.91 Å². The molecule has 0 unspecified atom stereocenters. The maximum atomic E-state index is 13.5. The van der Waals surface area contributed by atoms with Crippen molar-refractivity contribution < 1.29 is 32.3 Å². The highest BCUT2D eigenvalue weighted by Gasteiger charge is 2.31. The highest BCUT2D eigenvalue weighted by molar-refractivity contribution is 6.34. The summed E-state index contributed by atoms with van der Waals surface area (Å²) in [5, 5.41) is 14.6. The molecule has 0 aliphatic heterocycles. The van der Waals surface area contributed by atoms with E-state index in [4.69, 9.17) is 28.3 Å². The van der Waals surface area contributed by atoms with Crippen LogP contribution in [0.3, 0.4) is 0 Å². The molecular weight excluding hydrogens is 585 g/mol. The first-order valence-electron chi connectivity index (χ1n) is 12.1. The first-order valence-corrected chi connectivity index (χ1v) is 12.8. The minimum atomic E-state index is -4.58. The van der Waals surface area contributed by atoms with Gasteiger partial charge in [0.05, 0.1) is 22.0 Å². The summed E-state index contributed by atoms with van der Waals surface area (Å²) in [5.74, 6) is -2.23. The molecule has 4 aromatic rings. The summed E-state index contributed by atoms with van der Waals surface area (Å²) in [4.78, 5) is 26.9. The third-order valence-electron chi connectivity index (χ3n) is 6.05. The van der Waals surface area contributed by atoms with Crippen LogP contribution in [0.15, 0.2) is 72.9 Å². The van der Waals surface area contributed by atoms with Crippen LogP contribution in [0.4, 0.5) is 23.2 Å². The van der Waals surface area contributed by atoms with E-state index in [0.717, 1.165) is 12.1 Å². The minimum absolute atomic E-state index is 0.0111. The zero-order valence-electron chi connectivity index (χ0n) is 21.0. The predicted molar refractivity (Wildman–Crippen MR) is 148 cm³/mol. The molecule has 0 aliphatic carbocycles. The number of nitrogens with one attached hydrogen (secondary N) is 2. The van der Waals surface area contributed by atoms with E-state index >= 15 is 0 Å². The molecule has 1 heterocycles. The monoisotopic (exact) mass is 605 g/mol. The fourth-order valence-corrected chi connectivity index (χ4v) is 4.43. The smallest absolute Gasteiger partial charge is 0.416 e. The van der Waals surface area contributed by atoms with Crippen molar-refractivity contribution in [2.24, 2.45) is 0 Å². The number of carboxylic acids is 1. The van der Waals surface area contributed by atoms with Crippen molar-refractivity contribution in [2.75, 3.05) is 11.9 Å². The van der Waals surface area contributed by atoms with E-state index in [1.54, 1.807) is 24.3 Å². The van der Waals surface area contributed by atoms with Gasteiger partial charge in [-0.1, -0.05) is 47.5 Å². The number of carbonyl (C=O) groups excluding carboxylic acids is 1. The van der Waals surface area contributed by atoms with Crippen LogP contribution in [-0.4, -0.2) is 28.5 Å². The molecular formula is C29H21Cl2F4N3O3. The first-order chi connectivity index (χ1) is 19.4. The molecule has 4 rings (SSSR count). The normalized spacial score (nSPS) is 11.3. The van der Waals surface area contributed by atoms with Crippen LogP contribution in [0.5, 0.6) is 0 Å². The Kier molecular flexibility index (Phi) is 9.14. The number of hydrogen-bond acceptors (Lipinski definition) is 4. The fourth-order valence-electron chi connectivity index (χ4n) is 3.96. The second kappa shape index (κ2) is 12.6. The van der Waals surface area contributed by atoms with Crippen molar-refractivity contribution in [2.45, 2.75) is 19.1 Å². The van der Waals surface area contributed by atoms with Crippen LogP contribution in [0.1, 0.15) is 28.0 Å². The number of carboxylic acid groups (broad SMARTS) is 1. The summed E-state index contributed by atoms with van der Waals surface area (Å²) in [6, 6.07) is 15.5. The molecule has 0 spiro atoms. The van der Waals surface area contributed by atoms with Crippen LogP contribution in [-0.2, 0) is 17.5 Å². The molecule has 3 N–H and O–H groups in total. The lowest BCUT2D eigenvalue weighted by molar-refractivity contribution is -0.138. The molecule has 6 nitrogen and oxygen atoms in total. The second-order valence-electron chi connectivity index (χ2n) is 8.88. The average molecular weight is 606 g/mol. The zero-order chi connectivity index (χ0) is 29.7. The molecule has 0 bridgehead atoms. The van der Waals surface area contributed by atoms with Gasteiger partial charge in [-0.2, -0.15) is 13.2 Å². The first kappa shape index (κ1) is 29.8. The van der Waals surface area contributed by atoms with Crippen molar-refractivity contribution in [1.82, 2.24) is 10.3 Å². The Morgan fingerprint density at radius 1 is 0.878 bits per heavy atom. The van der Waals surface area contributed by atoms with E-state index in [1.165, 1.54) is 36.5 Å². The van der Waals surface area contributed by atoms with E-state index in [0.29, 0.717) is 33.0 Å². The summed E-state index contributed by atoms with van der Waals surface area (Å²) in [6.07, 6.45) is -3.56. The number of rotatable bonds is 9. The second-order valence-corrected chi connectivity index (χ2v) is 9.69. The molecule has 0 radical (unpaired) electrons. The SMILES string of the molecule is O=C(O)CCNC(=O)c1ccc(-c2cc(C(F)(F)F)ccc2CNc2ccc(-c3ccc(F)c(Cl)c3)c(Cl)c2)cn1. The highest BCUT2D eigenvalue weighted by Crippen LogP contribution is 2.35. The highest BCUT2D eigenvalue weighted by atomic mass is 35.5. The van der Waals surface area contributed by atoms with Gasteiger partial charge < -0.3 is 15.7 Å². The lowest BCUT2D eigenvalue weighted by atomic mass is 9.97. The van der Waals surface area contributed by atoms with Crippen molar-refractivity contribution >= 4 is 40.8 Å². The number of pyridine rings is 1. The molecule has 1 aromatic heterocycles. The Bertz CT molecular complexity index is 1600. The number of anilines is 1. The molecule has 0 saturated carbocycles. The van der Waals surface area contributed by atoms with E-state index in [2.05, 4.69) is 15.6 Å². The third kappa shape index (κ3) is 7.53. The summed E-state index contributed by atoms with van der Waals surface area (Å²) < 4.78 is 54.1. The number of halogens is 6. The summed E-state index contributed by atoms with van der Waals surface area (Å²) in [5.41, 5.74) is 2.07. The van der Waals surface area contributed by atoms with Crippen molar-refractivity contribution in [3.63, 3.8) is 0 Å². The van der Waals surface area contributed by atoms with Gasteiger partial charge in [0, 0.05) is 36.1 Å². The largest absolute Gasteiger partial charge is 0.481 e. The molecule has 3 aromatic carbocycles. The summed E-state index contributed by atoms with van der Waals surface area (Å²) >= 11 is 12.3. The zero-order valence-corrected chi connectivity index (χ0v) is 22.5. The molecule has 0 atom stereocenters. The summed E-state index contributed by atoms with van der Waals surface area (Å²) in [6.45, 7) is 0.0344. The summed E-state index contributed by atoms with van der Waals surface area (Å²) in [7, 11) is 0. The Morgan fingerprint density at radius 3 is 2.27 bits per heavy atom. The molecule has 0 aliphatic rings. The lowest BCUT2D eigenvalue weighted by Gasteiger charge is -2.16. The number of aromatic nitrogens is 1. The Balaban J connectivity index is 1.56. The predicted octanol–water partition coefficient (Wildman–Crippen LogP) is 7.70. The third-order valence-corrected chi connectivity index (χ3v) is 6.65. The molecule has 0 fully saturated rings. The van der Waals surface area contributed by atoms with Crippen molar-refractivity contribution in [3.8, 4) is 22.3 Å². The van der Waals surface area contributed by atoms with Gasteiger partial charge in [-0.05, 0) is 59.2 Å². The average Bonchev–Trinajstić information content (AvgIpc) is 2.93. The molecule has 0 saturated heterocycles. The van der Waals surface area contributed by atoms with Gasteiger partial charge in [0.2, 0.25) is 0 Å². The van der Waals surface area contributed by atoms with Crippen LogP contribution >= 0.6 is 23.2 Å². The number of amides is 1. The van der Waals surface area contributed by atoms with Crippen LogP contribution < -0.4 is 10.6 Å². The van der Waals surface area contributed by atoms with E-state index in [-0.39, 0.29) is 35.8 Å². The van der Waals surface area contributed by atoms with E-state index < -0.39 is 29.4 Å². The van der Waals surface area contributed by atoms with Gasteiger partial charge in [-0.25, -0.2) is 4.39 Å². The number of benzene rings is 3. The quantitative estimate of drug-likeness (QED) is 0.170. The van der Waals surface area contributed by atoms with Crippen molar-refractivity contribution in [3.05, 3.63) is 106 Å². The topological polar surface area (TPSA) is 91.3 Å². The molecule has 41 heavy (non-hydrogen) atoms. The lowest BCUT2D eigenvalue weighted by Crippen LogP contribution is -2.26. The molecule has 212 valence electrons. The van der Waals surface area contributed by atoms with Crippen LogP contribution in [0, 0.1) is 5.82 Å².